The monoisotopic (exact) mass is 230 g/mol. The van der Waals surface area contributed by atoms with Gasteiger partial charge in [0.1, 0.15) is 0 Å². The zero-order valence-corrected chi connectivity index (χ0v) is 9.62. The Hall–Kier alpha value is -1.72. The first-order chi connectivity index (χ1) is 7.70. The number of hydrogen-bond donors (Lipinski definition) is 1. The molecule has 0 aliphatic rings. The second kappa shape index (κ2) is 4.42. The lowest BCUT2D eigenvalue weighted by Crippen LogP contribution is -2.12. The summed E-state index contributed by atoms with van der Waals surface area (Å²) in [6.45, 7) is 1.93. The molecular weight excluding hydrogens is 220 g/mol. The summed E-state index contributed by atoms with van der Waals surface area (Å²) in [5.74, 6) is 2.63. The molecule has 3 heteroatoms. The maximum absolute atomic E-state index is 5.91. The maximum Gasteiger partial charge on any atom is 0.0846 e. The summed E-state index contributed by atoms with van der Waals surface area (Å²) < 4.78 is 0. The number of anilines is 1. The molecule has 0 saturated heterocycles. The van der Waals surface area contributed by atoms with Crippen LogP contribution in [0, 0.1) is 12.3 Å². The van der Waals surface area contributed by atoms with E-state index in [1.165, 1.54) is 0 Å². The minimum absolute atomic E-state index is 0.0127. The molecular formula is C13H11ClN2. The van der Waals surface area contributed by atoms with Crippen molar-refractivity contribution in [2.24, 2.45) is 0 Å². The molecule has 1 N–H and O–H groups in total. The fourth-order valence-electron chi connectivity index (χ4n) is 1.52. The molecule has 0 amide bonds. The molecule has 0 saturated carbocycles. The van der Waals surface area contributed by atoms with E-state index in [1.807, 2.05) is 31.2 Å². The molecule has 2 rings (SSSR count). The number of aromatic nitrogens is 1. The molecule has 0 radical (unpaired) electrons. The van der Waals surface area contributed by atoms with E-state index in [4.69, 9.17) is 18.0 Å². The molecule has 0 aliphatic heterocycles. The van der Waals surface area contributed by atoms with Gasteiger partial charge >= 0.3 is 0 Å². The first-order valence-electron chi connectivity index (χ1n) is 4.97. The second-order valence-electron chi connectivity index (χ2n) is 3.55. The van der Waals surface area contributed by atoms with Gasteiger partial charge in [-0.2, -0.15) is 0 Å². The SMILES string of the molecule is C#CC(C)Nc1ccnc2cc(Cl)ccc12. The van der Waals surface area contributed by atoms with Crippen molar-refractivity contribution in [3.8, 4) is 12.3 Å². The average Bonchev–Trinajstić information content (AvgIpc) is 2.28. The van der Waals surface area contributed by atoms with Crippen molar-refractivity contribution in [3.05, 3.63) is 35.5 Å². The number of pyridine rings is 1. The third-order valence-electron chi connectivity index (χ3n) is 2.33. The van der Waals surface area contributed by atoms with Gasteiger partial charge in [-0.15, -0.1) is 6.42 Å². The zero-order valence-electron chi connectivity index (χ0n) is 8.87. The lowest BCUT2D eigenvalue weighted by atomic mass is 10.2. The predicted octanol–water partition coefficient (Wildman–Crippen LogP) is 3.32. The Morgan fingerprint density at radius 3 is 3.00 bits per heavy atom. The van der Waals surface area contributed by atoms with Crippen LogP contribution in [0.3, 0.4) is 0 Å². The lowest BCUT2D eigenvalue weighted by Gasteiger charge is -2.11. The summed E-state index contributed by atoms with van der Waals surface area (Å²) in [6.07, 6.45) is 7.08. The minimum Gasteiger partial charge on any atom is -0.371 e. The fraction of sp³-hybridized carbons (Fsp3) is 0.154. The van der Waals surface area contributed by atoms with E-state index in [0.717, 1.165) is 16.6 Å². The molecule has 80 valence electrons. The fourth-order valence-corrected chi connectivity index (χ4v) is 1.69. The normalized spacial score (nSPS) is 12.1. The highest BCUT2D eigenvalue weighted by atomic mass is 35.5. The van der Waals surface area contributed by atoms with Gasteiger partial charge in [0.2, 0.25) is 0 Å². The second-order valence-corrected chi connectivity index (χ2v) is 3.99. The Kier molecular flexibility index (Phi) is 2.98. The molecule has 2 nitrogen and oxygen atoms in total. The molecule has 2 aromatic rings. The van der Waals surface area contributed by atoms with Crippen molar-refractivity contribution in [1.29, 1.82) is 0 Å². The third-order valence-corrected chi connectivity index (χ3v) is 2.56. The Morgan fingerprint density at radius 1 is 1.44 bits per heavy atom. The molecule has 1 aromatic heterocycles. The van der Waals surface area contributed by atoms with Crippen molar-refractivity contribution >= 4 is 28.2 Å². The maximum atomic E-state index is 5.91. The summed E-state index contributed by atoms with van der Waals surface area (Å²) in [6, 6.07) is 7.52. The van der Waals surface area contributed by atoms with Gasteiger partial charge in [-0.3, -0.25) is 4.98 Å². The number of benzene rings is 1. The van der Waals surface area contributed by atoms with Crippen molar-refractivity contribution in [2.45, 2.75) is 13.0 Å². The van der Waals surface area contributed by atoms with Crippen LogP contribution in [0.15, 0.2) is 30.5 Å². The molecule has 0 fully saturated rings. The Morgan fingerprint density at radius 2 is 2.25 bits per heavy atom. The standard InChI is InChI=1S/C13H11ClN2/c1-3-9(2)16-12-6-7-15-13-8-10(14)4-5-11(12)13/h1,4-9H,2H3,(H,15,16). The number of fused-ring (bicyclic) bond motifs is 1. The molecule has 0 aliphatic carbocycles. The average molecular weight is 231 g/mol. The van der Waals surface area contributed by atoms with E-state index in [-0.39, 0.29) is 6.04 Å². The molecule has 0 spiro atoms. The van der Waals surface area contributed by atoms with Crippen LogP contribution in [0.2, 0.25) is 5.02 Å². The minimum atomic E-state index is -0.0127. The van der Waals surface area contributed by atoms with Crippen LogP contribution in [0.1, 0.15) is 6.92 Å². The highest BCUT2D eigenvalue weighted by Gasteiger charge is 2.04. The number of hydrogen-bond acceptors (Lipinski definition) is 2. The summed E-state index contributed by atoms with van der Waals surface area (Å²) in [4.78, 5) is 4.26. The van der Waals surface area contributed by atoms with Gasteiger partial charge in [0, 0.05) is 22.3 Å². The molecule has 0 bridgehead atoms. The van der Waals surface area contributed by atoms with Gasteiger partial charge < -0.3 is 5.32 Å². The quantitative estimate of drug-likeness (QED) is 0.801. The van der Waals surface area contributed by atoms with Gasteiger partial charge in [0.15, 0.2) is 0 Å². The highest BCUT2D eigenvalue weighted by Crippen LogP contribution is 2.24. The van der Waals surface area contributed by atoms with Gasteiger partial charge in [0.25, 0.3) is 0 Å². The lowest BCUT2D eigenvalue weighted by molar-refractivity contribution is 1.04. The van der Waals surface area contributed by atoms with Crippen LogP contribution >= 0.6 is 11.6 Å². The van der Waals surface area contributed by atoms with Crippen molar-refractivity contribution in [2.75, 3.05) is 5.32 Å². The van der Waals surface area contributed by atoms with Gasteiger partial charge in [-0.05, 0) is 31.2 Å². The Labute approximate surface area is 99.6 Å². The van der Waals surface area contributed by atoms with Crippen LogP contribution in [-0.4, -0.2) is 11.0 Å². The van der Waals surface area contributed by atoms with Gasteiger partial charge in [-0.25, -0.2) is 0 Å². The number of rotatable bonds is 2. The first-order valence-corrected chi connectivity index (χ1v) is 5.35. The van der Waals surface area contributed by atoms with Crippen LogP contribution in [0.5, 0.6) is 0 Å². The van der Waals surface area contributed by atoms with Crippen molar-refractivity contribution in [1.82, 2.24) is 4.98 Å². The summed E-state index contributed by atoms with van der Waals surface area (Å²) in [5, 5.41) is 4.94. The number of halogens is 1. The van der Waals surface area contributed by atoms with Gasteiger partial charge in [0.05, 0.1) is 11.6 Å². The third kappa shape index (κ3) is 2.10. The number of terminal acetylenes is 1. The molecule has 1 atom stereocenters. The first kappa shape index (κ1) is 10.8. The molecule has 1 aromatic carbocycles. The van der Waals surface area contributed by atoms with Crippen molar-refractivity contribution < 1.29 is 0 Å². The summed E-state index contributed by atoms with van der Waals surface area (Å²) in [5.41, 5.74) is 1.84. The molecule has 1 unspecified atom stereocenters. The predicted molar refractivity (Wildman–Crippen MR) is 68.7 cm³/mol. The smallest absolute Gasteiger partial charge is 0.0846 e. The Balaban J connectivity index is 2.50. The topological polar surface area (TPSA) is 24.9 Å². The largest absolute Gasteiger partial charge is 0.371 e. The van der Waals surface area contributed by atoms with E-state index in [2.05, 4.69) is 16.2 Å². The molecule has 16 heavy (non-hydrogen) atoms. The molecule has 1 heterocycles. The van der Waals surface area contributed by atoms with E-state index < -0.39 is 0 Å². The van der Waals surface area contributed by atoms with Crippen LogP contribution < -0.4 is 5.32 Å². The van der Waals surface area contributed by atoms with Crippen LogP contribution in [0.4, 0.5) is 5.69 Å². The van der Waals surface area contributed by atoms with E-state index in [0.29, 0.717) is 5.02 Å². The Bertz CT molecular complexity index is 557. The number of nitrogens with one attached hydrogen (secondary N) is 1. The van der Waals surface area contributed by atoms with E-state index >= 15 is 0 Å². The van der Waals surface area contributed by atoms with Crippen LogP contribution in [-0.2, 0) is 0 Å². The van der Waals surface area contributed by atoms with Crippen molar-refractivity contribution in [3.63, 3.8) is 0 Å². The van der Waals surface area contributed by atoms with E-state index in [1.54, 1.807) is 6.20 Å². The van der Waals surface area contributed by atoms with Crippen LogP contribution in [0.25, 0.3) is 10.9 Å². The summed E-state index contributed by atoms with van der Waals surface area (Å²) in [7, 11) is 0. The van der Waals surface area contributed by atoms with Gasteiger partial charge in [-0.1, -0.05) is 17.5 Å². The highest BCUT2D eigenvalue weighted by molar-refractivity contribution is 6.31. The number of nitrogens with zero attached hydrogens (tertiary/aromatic N) is 1. The zero-order chi connectivity index (χ0) is 11.5. The summed E-state index contributed by atoms with van der Waals surface area (Å²) >= 11 is 5.91. The van der Waals surface area contributed by atoms with E-state index in [9.17, 15) is 0 Å².